The molecule has 0 bridgehead atoms. The Kier molecular flexibility index (Phi) is 6.93. The van der Waals surface area contributed by atoms with Crippen LogP contribution in [0.2, 0.25) is 0 Å². The quantitative estimate of drug-likeness (QED) is 0.280. The van der Waals surface area contributed by atoms with Crippen LogP contribution in [0, 0.1) is 5.92 Å². The molecule has 1 atom stereocenters. The van der Waals surface area contributed by atoms with Gasteiger partial charge in [-0.1, -0.05) is 86.4 Å². The number of anilines is 1. The smallest absolute Gasteiger partial charge is 0.266 e. The number of rotatable bonds is 4. The lowest BCUT2D eigenvalue weighted by atomic mass is 9.77. The van der Waals surface area contributed by atoms with Crippen LogP contribution in [0.15, 0.2) is 94.1 Å². The molecule has 0 radical (unpaired) electrons. The average Bonchev–Trinajstić information content (AvgIpc) is 3.33. The molecule has 2 heterocycles. The number of carbonyl (C=O) groups is 1. The number of allylic oxidation sites excluding steroid dienone is 9. The molecule has 2 aromatic carbocycles. The zero-order valence-corrected chi connectivity index (χ0v) is 24.9. The van der Waals surface area contributed by atoms with Gasteiger partial charge in [0.15, 0.2) is 0 Å². The minimum absolute atomic E-state index is 0.0498. The Morgan fingerprint density at radius 1 is 1.00 bits per heavy atom. The summed E-state index contributed by atoms with van der Waals surface area (Å²) in [4.78, 5) is 17.7. The van der Waals surface area contributed by atoms with Gasteiger partial charge in [0.1, 0.15) is 4.32 Å². The summed E-state index contributed by atoms with van der Waals surface area (Å²) in [6, 6.07) is 13.3. The van der Waals surface area contributed by atoms with Crippen molar-refractivity contribution in [3.8, 4) is 0 Å². The van der Waals surface area contributed by atoms with Crippen molar-refractivity contribution < 1.29 is 4.79 Å². The Balaban J connectivity index is 1.32. The fraction of sp³-hybridized carbons (Fsp3) is 0.353. The van der Waals surface area contributed by atoms with Crippen molar-refractivity contribution >= 4 is 50.7 Å². The summed E-state index contributed by atoms with van der Waals surface area (Å²) in [7, 11) is 0. The molecule has 39 heavy (non-hydrogen) atoms. The molecule has 1 fully saturated rings. The first kappa shape index (κ1) is 26.3. The van der Waals surface area contributed by atoms with Crippen LogP contribution in [0.3, 0.4) is 0 Å². The number of hydrogen-bond donors (Lipinski definition) is 0. The Morgan fingerprint density at radius 2 is 1.77 bits per heavy atom. The summed E-state index contributed by atoms with van der Waals surface area (Å²) in [5.41, 5.74) is 8.09. The molecule has 0 spiro atoms. The van der Waals surface area contributed by atoms with Crippen LogP contribution in [0.25, 0.3) is 10.8 Å². The van der Waals surface area contributed by atoms with Crippen molar-refractivity contribution in [3.63, 3.8) is 0 Å². The summed E-state index contributed by atoms with van der Waals surface area (Å²) in [5.74, 6) is 0.663. The van der Waals surface area contributed by atoms with Crippen molar-refractivity contribution in [1.82, 2.24) is 4.90 Å². The Hall–Kier alpha value is -2.89. The molecule has 1 saturated heterocycles. The third-order valence-electron chi connectivity index (χ3n) is 8.77. The van der Waals surface area contributed by atoms with E-state index in [1.807, 2.05) is 6.92 Å². The summed E-state index contributed by atoms with van der Waals surface area (Å²) in [6.45, 7) is 10.5. The van der Waals surface area contributed by atoms with Gasteiger partial charge in [0.2, 0.25) is 0 Å². The Morgan fingerprint density at radius 3 is 2.54 bits per heavy atom. The van der Waals surface area contributed by atoms with E-state index in [1.165, 1.54) is 62.6 Å². The highest BCUT2D eigenvalue weighted by molar-refractivity contribution is 8.26. The molecule has 2 aliphatic carbocycles. The standard InChI is InChI=1S/C34H36N2OS2/c1-5-35-28-17-16-25-9-7-8-10-27(25)31(28)34(3,4)30(35)18-13-22-11-14-24-15-12-23(20-26(24)19-22)21-29-32(37)36(6-2)33(38)39-29/h7-10,13,16-21,24H,5-6,11-12,14-15H2,1-4H3/b22-13+,29-21-,30-18+. The molecule has 200 valence electrons. The van der Waals surface area contributed by atoms with Crippen LogP contribution < -0.4 is 4.90 Å². The second kappa shape index (κ2) is 10.3. The summed E-state index contributed by atoms with van der Waals surface area (Å²) in [6.07, 6.45) is 16.0. The van der Waals surface area contributed by atoms with E-state index in [4.69, 9.17) is 12.2 Å². The van der Waals surface area contributed by atoms with Crippen molar-refractivity contribution in [2.75, 3.05) is 18.0 Å². The molecule has 2 aliphatic heterocycles. The van der Waals surface area contributed by atoms with Gasteiger partial charge in [-0.15, -0.1) is 0 Å². The predicted octanol–water partition coefficient (Wildman–Crippen LogP) is 8.59. The van der Waals surface area contributed by atoms with Gasteiger partial charge in [-0.2, -0.15) is 0 Å². The Bertz CT molecular complexity index is 1540. The normalized spacial score (nSPS) is 25.5. The molecule has 5 heteroatoms. The van der Waals surface area contributed by atoms with Gasteiger partial charge in [-0.25, -0.2) is 0 Å². The van der Waals surface area contributed by atoms with E-state index >= 15 is 0 Å². The monoisotopic (exact) mass is 552 g/mol. The first-order valence-corrected chi connectivity index (χ1v) is 15.4. The highest BCUT2D eigenvalue weighted by Crippen LogP contribution is 2.50. The third kappa shape index (κ3) is 4.54. The first-order chi connectivity index (χ1) is 18.8. The average molecular weight is 553 g/mol. The summed E-state index contributed by atoms with van der Waals surface area (Å²) < 4.78 is 0.671. The molecule has 2 aromatic rings. The molecular weight excluding hydrogens is 517 g/mol. The minimum atomic E-state index is -0.0733. The van der Waals surface area contributed by atoms with Crippen LogP contribution in [-0.4, -0.2) is 28.2 Å². The lowest BCUT2D eigenvalue weighted by Gasteiger charge is -2.29. The van der Waals surface area contributed by atoms with Gasteiger partial charge in [-0.05, 0) is 96.7 Å². The summed E-state index contributed by atoms with van der Waals surface area (Å²) in [5, 5.41) is 2.66. The maximum absolute atomic E-state index is 12.7. The topological polar surface area (TPSA) is 23.6 Å². The van der Waals surface area contributed by atoms with E-state index in [1.54, 1.807) is 4.90 Å². The number of amides is 1. The minimum Gasteiger partial charge on any atom is -0.344 e. The number of hydrogen-bond acceptors (Lipinski definition) is 4. The molecule has 0 saturated carbocycles. The molecule has 1 unspecified atom stereocenters. The fourth-order valence-corrected chi connectivity index (χ4v) is 8.16. The van der Waals surface area contributed by atoms with Gasteiger partial charge >= 0.3 is 0 Å². The maximum atomic E-state index is 12.7. The molecule has 0 aromatic heterocycles. The van der Waals surface area contributed by atoms with Gasteiger partial charge in [0, 0.05) is 29.9 Å². The zero-order valence-electron chi connectivity index (χ0n) is 23.3. The van der Waals surface area contributed by atoms with Gasteiger partial charge < -0.3 is 4.90 Å². The Labute approximate surface area is 242 Å². The lowest BCUT2D eigenvalue weighted by Crippen LogP contribution is -2.27. The van der Waals surface area contributed by atoms with Crippen molar-refractivity contribution in [2.45, 2.75) is 58.8 Å². The van der Waals surface area contributed by atoms with E-state index in [0.29, 0.717) is 16.8 Å². The highest BCUT2D eigenvalue weighted by atomic mass is 32.2. The summed E-state index contributed by atoms with van der Waals surface area (Å²) >= 11 is 6.84. The largest absolute Gasteiger partial charge is 0.344 e. The molecule has 0 N–H and O–H groups in total. The lowest BCUT2D eigenvalue weighted by molar-refractivity contribution is -0.122. The molecule has 6 rings (SSSR count). The van der Waals surface area contributed by atoms with E-state index in [2.05, 4.69) is 92.4 Å². The van der Waals surface area contributed by atoms with Crippen molar-refractivity contribution in [3.05, 3.63) is 99.7 Å². The second-order valence-electron chi connectivity index (χ2n) is 11.4. The van der Waals surface area contributed by atoms with E-state index < -0.39 is 0 Å². The highest BCUT2D eigenvalue weighted by Gasteiger charge is 2.40. The molecule has 3 nitrogen and oxygen atoms in total. The number of thioether (sulfide) groups is 1. The third-order valence-corrected chi connectivity index (χ3v) is 10.1. The van der Waals surface area contributed by atoms with Crippen LogP contribution in [0.5, 0.6) is 0 Å². The number of likely N-dealkylation sites (N-methyl/N-ethyl adjacent to an activating group) is 2. The molecular formula is C34H36N2OS2. The number of fused-ring (bicyclic) bond motifs is 4. The van der Waals surface area contributed by atoms with E-state index in [-0.39, 0.29) is 11.3 Å². The molecule has 4 aliphatic rings. The van der Waals surface area contributed by atoms with Crippen LogP contribution in [0.1, 0.15) is 58.9 Å². The maximum Gasteiger partial charge on any atom is 0.266 e. The van der Waals surface area contributed by atoms with Crippen molar-refractivity contribution in [1.29, 1.82) is 0 Å². The first-order valence-electron chi connectivity index (χ1n) is 14.2. The van der Waals surface area contributed by atoms with Crippen LogP contribution in [-0.2, 0) is 10.2 Å². The van der Waals surface area contributed by atoms with Crippen molar-refractivity contribution in [2.24, 2.45) is 5.92 Å². The zero-order chi connectivity index (χ0) is 27.3. The number of nitrogens with zero attached hydrogens (tertiary/aromatic N) is 2. The fourth-order valence-electron chi connectivity index (χ4n) is 6.76. The van der Waals surface area contributed by atoms with Gasteiger partial charge in [0.25, 0.3) is 5.91 Å². The van der Waals surface area contributed by atoms with E-state index in [0.717, 1.165) is 30.7 Å². The van der Waals surface area contributed by atoms with Crippen LogP contribution >= 0.6 is 24.0 Å². The number of carbonyl (C=O) groups excluding carboxylic acids is 1. The number of thiocarbonyl (C=S) groups is 1. The van der Waals surface area contributed by atoms with Gasteiger partial charge in [-0.3, -0.25) is 9.69 Å². The number of benzene rings is 2. The van der Waals surface area contributed by atoms with E-state index in [9.17, 15) is 4.79 Å². The van der Waals surface area contributed by atoms with Gasteiger partial charge in [0.05, 0.1) is 4.91 Å². The second-order valence-corrected chi connectivity index (χ2v) is 13.1. The van der Waals surface area contributed by atoms with Crippen LogP contribution in [0.4, 0.5) is 5.69 Å². The predicted molar refractivity (Wildman–Crippen MR) is 170 cm³/mol. The SMILES string of the molecule is CCN1C(=O)/C(=C/C2=CC3=C/C(=C/C=C4/N(CC)c5ccc6ccccc6c5C4(C)C)CCC3CC2)SC1=S. The molecule has 1 amide bonds.